The fraction of sp³-hybridized carbons (Fsp3) is 0.571. The number of nitrogens with zero attached hydrogens (tertiary/aromatic N) is 1. The molecule has 2 N–H and O–H groups in total. The molecule has 0 radical (unpaired) electrons. The fourth-order valence-electron chi connectivity index (χ4n) is 2.62. The van der Waals surface area contributed by atoms with Crippen molar-refractivity contribution < 1.29 is 19.0 Å². The molecule has 5 heteroatoms. The van der Waals surface area contributed by atoms with Crippen molar-refractivity contribution in [2.75, 3.05) is 19.7 Å². The predicted molar refractivity (Wildman–Crippen MR) is 67.6 cm³/mol. The fourth-order valence-corrected chi connectivity index (χ4v) is 2.62. The highest BCUT2D eigenvalue weighted by molar-refractivity contribution is 5.21. The molecule has 1 saturated heterocycles. The first-order valence-electron chi connectivity index (χ1n) is 6.60. The van der Waals surface area contributed by atoms with E-state index in [2.05, 4.69) is 4.90 Å². The summed E-state index contributed by atoms with van der Waals surface area (Å²) in [5.74, 6) is -1.92. The van der Waals surface area contributed by atoms with E-state index in [1.54, 1.807) is 0 Å². The largest absolute Gasteiger partial charge is 0.395 e. The molecule has 1 aromatic rings. The van der Waals surface area contributed by atoms with Crippen LogP contribution in [0.25, 0.3) is 0 Å². The molecule has 2 unspecified atom stereocenters. The molecule has 0 bridgehead atoms. The maximum Gasteiger partial charge on any atom is 0.164 e. The lowest BCUT2D eigenvalue weighted by molar-refractivity contribution is 0.114. The zero-order chi connectivity index (χ0) is 13.8. The van der Waals surface area contributed by atoms with E-state index in [-0.39, 0.29) is 18.2 Å². The summed E-state index contributed by atoms with van der Waals surface area (Å²) in [4.78, 5) is 2.08. The van der Waals surface area contributed by atoms with Crippen LogP contribution in [0.2, 0.25) is 0 Å². The van der Waals surface area contributed by atoms with E-state index in [4.69, 9.17) is 0 Å². The van der Waals surface area contributed by atoms with Gasteiger partial charge in [-0.2, -0.15) is 0 Å². The van der Waals surface area contributed by atoms with Crippen LogP contribution in [0.5, 0.6) is 0 Å². The maximum absolute atomic E-state index is 13.5. The number of benzene rings is 1. The van der Waals surface area contributed by atoms with Gasteiger partial charge in [0.15, 0.2) is 11.6 Å². The molecule has 2 rings (SSSR count). The Morgan fingerprint density at radius 1 is 1.37 bits per heavy atom. The van der Waals surface area contributed by atoms with Gasteiger partial charge in [0, 0.05) is 18.2 Å². The summed E-state index contributed by atoms with van der Waals surface area (Å²) in [5, 5.41) is 19.1. The van der Waals surface area contributed by atoms with Crippen molar-refractivity contribution >= 4 is 0 Å². The molecule has 1 heterocycles. The van der Waals surface area contributed by atoms with Gasteiger partial charge in [0.25, 0.3) is 0 Å². The van der Waals surface area contributed by atoms with Gasteiger partial charge in [-0.1, -0.05) is 12.1 Å². The van der Waals surface area contributed by atoms with Gasteiger partial charge < -0.3 is 10.2 Å². The Balaban J connectivity index is 1.94. The van der Waals surface area contributed by atoms with Crippen molar-refractivity contribution in [1.29, 1.82) is 0 Å². The van der Waals surface area contributed by atoms with E-state index in [1.807, 2.05) is 0 Å². The third-order valence-electron chi connectivity index (χ3n) is 3.74. The average Bonchev–Trinajstić information content (AvgIpc) is 2.86. The smallest absolute Gasteiger partial charge is 0.164 e. The van der Waals surface area contributed by atoms with Gasteiger partial charge in [-0.15, -0.1) is 0 Å². The summed E-state index contributed by atoms with van der Waals surface area (Å²) in [7, 11) is 0. The van der Waals surface area contributed by atoms with Crippen LogP contribution < -0.4 is 0 Å². The molecule has 0 aliphatic carbocycles. The van der Waals surface area contributed by atoms with Gasteiger partial charge in [-0.3, -0.25) is 4.90 Å². The van der Waals surface area contributed by atoms with Crippen LogP contribution in [0, 0.1) is 11.6 Å². The minimum absolute atomic E-state index is 0.000236. The number of aliphatic hydroxyl groups excluding tert-OH is 2. The molecule has 106 valence electrons. The molecule has 1 aliphatic rings. The van der Waals surface area contributed by atoms with E-state index in [1.165, 1.54) is 12.1 Å². The second-order valence-electron chi connectivity index (χ2n) is 4.96. The Kier molecular flexibility index (Phi) is 4.85. The zero-order valence-corrected chi connectivity index (χ0v) is 10.7. The van der Waals surface area contributed by atoms with E-state index in [0.29, 0.717) is 13.0 Å². The van der Waals surface area contributed by atoms with E-state index >= 15 is 0 Å². The molecule has 0 aromatic heterocycles. The van der Waals surface area contributed by atoms with Crippen molar-refractivity contribution in [2.24, 2.45) is 0 Å². The third kappa shape index (κ3) is 3.29. The van der Waals surface area contributed by atoms with Gasteiger partial charge >= 0.3 is 0 Å². The molecule has 19 heavy (non-hydrogen) atoms. The Morgan fingerprint density at radius 2 is 2.16 bits per heavy atom. The summed E-state index contributed by atoms with van der Waals surface area (Å²) in [6.07, 6.45) is 1.28. The first-order valence-corrected chi connectivity index (χ1v) is 6.60. The van der Waals surface area contributed by atoms with Gasteiger partial charge in [-0.25, -0.2) is 8.78 Å². The lowest BCUT2D eigenvalue weighted by Crippen LogP contribution is -2.33. The first kappa shape index (κ1) is 14.4. The van der Waals surface area contributed by atoms with Crippen LogP contribution in [0.15, 0.2) is 18.2 Å². The molecule has 0 spiro atoms. The van der Waals surface area contributed by atoms with Gasteiger partial charge in [-0.05, 0) is 31.9 Å². The summed E-state index contributed by atoms with van der Waals surface area (Å²) < 4.78 is 26.6. The summed E-state index contributed by atoms with van der Waals surface area (Å²) in [5.41, 5.74) is -0.000236. The van der Waals surface area contributed by atoms with E-state index < -0.39 is 17.7 Å². The molecule has 2 atom stereocenters. The van der Waals surface area contributed by atoms with E-state index in [0.717, 1.165) is 25.5 Å². The minimum atomic E-state index is -1.02. The lowest BCUT2D eigenvalue weighted by Gasteiger charge is -2.24. The number of hydrogen-bond donors (Lipinski definition) is 2. The molecule has 1 aliphatic heterocycles. The highest BCUT2D eigenvalue weighted by atomic mass is 19.2. The molecule has 0 saturated carbocycles. The molecular formula is C14H19F2NO2. The third-order valence-corrected chi connectivity index (χ3v) is 3.74. The van der Waals surface area contributed by atoms with Gasteiger partial charge in [0.2, 0.25) is 0 Å². The Labute approximate surface area is 111 Å². The zero-order valence-electron chi connectivity index (χ0n) is 10.7. The quantitative estimate of drug-likeness (QED) is 0.859. The second kappa shape index (κ2) is 6.41. The summed E-state index contributed by atoms with van der Waals surface area (Å²) in [6.45, 7) is 1.55. The van der Waals surface area contributed by atoms with Crippen molar-refractivity contribution in [3.05, 3.63) is 35.4 Å². The highest BCUT2D eigenvalue weighted by Gasteiger charge is 2.24. The Bertz CT molecular complexity index is 428. The number of halogens is 2. The molecule has 3 nitrogen and oxygen atoms in total. The first-order chi connectivity index (χ1) is 9.13. The average molecular weight is 271 g/mol. The molecule has 1 aromatic carbocycles. The Morgan fingerprint density at radius 3 is 2.89 bits per heavy atom. The van der Waals surface area contributed by atoms with Gasteiger partial charge in [0.05, 0.1) is 12.7 Å². The van der Waals surface area contributed by atoms with Crippen LogP contribution in [0.1, 0.15) is 30.9 Å². The topological polar surface area (TPSA) is 43.7 Å². The second-order valence-corrected chi connectivity index (χ2v) is 4.96. The van der Waals surface area contributed by atoms with E-state index in [9.17, 15) is 19.0 Å². The minimum Gasteiger partial charge on any atom is -0.395 e. The lowest BCUT2D eigenvalue weighted by atomic mass is 10.1. The SMILES string of the molecule is OCC1CCCN1CCC(O)c1cccc(F)c1F. The van der Waals surface area contributed by atoms with Crippen molar-refractivity contribution in [3.8, 4) is 0 Å². The normalized spacial score (nSPS) is 21.8. The van der Waals surface area contributed by atoms with Crippen molar-refractivity contribution in [1.82, 2.24) is 4.90 Å². The molecule has 1 fully saturated rings. The van der Waals surface area contributed by atoms with Crippen LogP contribution in [-0.2, 0) is 0 Å². The number of likely N-dealkylation sites (tertiary alicyclic amines) is 1. The monoisotopic (exact) mass is 271 g/mol. The number of rotatable bonds is 5. The van der Waals surface area contributed by atoms with Crippen molar-refractivity contribution in [3.63, 3.8) is 0 Å². The van der Waals surface area contributed by atoms with Gasteiger partial charge in [0.1, 0.15) is 0 Å². The van der Waals surface area contributed by atoms with Crippen LogP contribution >= 0.6 is 0 Å². The molecule has 0 amide bonds. The number of hydrogen-bond acceptors (Lipinski definition) is 3. The summed E-state index contributed by atoms with van der Waals surface area (Å²) in [6, 6.07) is 3.96. The van der Waals surface area contributed by atoms with Crippen LogP contribution in [0.3, 0.4) is 0 Å². The predicted octanol–water partition coefficient (Wildman–Crippen LogP) is 1.84. The highest BCUT2D eigenvalue weighted by Crippen LogP contribution is 2.24. The summed E-state index contributed by atoms with van der Waals surface area (Å²) >= 11 is 0. The van der Waals surface area contributed by atoms with Crippen molar-refractivity contribution in [2.45, 2.75) is 31.4 Å². The number of aliphatic hydroxyl groups is 2. The maximum atomic E-state index is 13.5. The molecular weight excluding hydrogens is 252 g/mol. The Hall–Kier alpha value is -1.04. The standard InChI is InChI=1S/C14H19F2NO2/c15-12-5-1-4-11(14(12)16)13(19)6-8-17-7-2-3-10(17)9-18/h1,4-5,10,13,18-19H,2-3,6-9H2. The van der Waals surface area contributed by atoms with Crippen LogP contribution in [0.4, 0.5) is 8.78 Å². The van der Waals surface area contributed by atoms with Crippen LogP contribution in [-0.4, -0.2) is 40.9 Å².